The van der Waals surface area contributed by atoms with E-state index in [1.54, 1.807) is 12.1 Å². The van der Waals surface area contributed by atoms with Gasteiger partial charge in [0.05, 0.1) is 11.3 Å². The Labute approximate surface area is 126 Å². The number of benzene rings is 1. The van der Waals surface area contributed by atoms with Gasteiger partial charge in [0.25, 0.3) is 0 Å². The quantitative estimate of drug-likeness (QED) is 0.760. The molecule has 0 aromatic heterocycles. The third-order valence-corrected chi connectivity index (χ3v) is 3.93. The van der Waals surface area contributed by atoms with Gasteiger partial charge in [-0.1, -0.05) is 29.8 Å². The van der Waals surface area contributed by atoms with Crippen molar-refractivity contribution in [3.05, 3.63) is 28.2 Å². The number of nitrogens with one attached hydrogen (secondary N) is 2. The number of amides is 2. The lowest BCUT2D eigenvalue weighted by Gasteiger charge is -2.28. The summed E-state index contributed by atoms with van der Waals surface area (Å²) in [4.78, 5) is 23.1. The van der Waals surface area contributed by atoms with Crippen LogP contribution in [-0.2, 0) is 0 Å². The fraction of sp³-hybridized carbons (Fsp3) is 0.429. The third kappa shape index (κ3) is 4.23. The highest BCUT2D eigenvalue weighted by Gasteiger charge is 2.22. The van der Waals surface area contributed by atoms with Gasteiger partial charge in [0.15, 0.2) is 0 Å². The largest absolute Gasteiger partial charge is 0.478 e. The number of carbonyl (C=O) groups is 2. The van der Waals surface area contributed by atoms with Crippen molar-refractivity contribution in [1.29, 1.82) is 0 Å². The first kappa shape index (κ1) is 16.5. The normalized spacial score (nSPS) is 11.0. The van der Waals surface area contributed by atoms with Gasteiger partial charge in [0.1, 0.15) is 0 Å². The highest BCUT2D eigenvalue weighted by atomic mass is 79.9. The van der Waals surface area contributed by atoms with Gasteiger partial charge in [-0.2, -0.15) is 0 Å². The van der Waals surface area contributed by atoms with Crippen LogP contribution in [0.4, 0.5) is 10.5 Å². The van der Waals surface area contributed by atoms with Gasteiger partial charge in [-0.3, -0.25) is 0 Å². The number of hydrogen-bond acceptors (Lipinski definition) is 2. The molecule has 3 N–H and O–H groups in total. The van der Waals surface area contributed by atoms with E-state index in [1.807, 2.05) is 20.8 Å². The van der Waals surface area contributed by atoms with E-state index < -0.39 is 12.0 Å². The van der Waals surface area contributed by atoms with E-state index in [4.69, 9.17) is 5.11 Å². The topological polar surface area (TPSA) is 78.4 Å². The molecule has 20 heavy (non-hydrogen) atoms. The Hall–Kier alpha value is -1.56. The van der Waals surface area contributed by atoms with E-state index in [1.165, 1.54) is 6.07 Å². The maximum Gasteiger partial charge on any atom is 0.337 e. The predicted molar refractivity (Wildman–Crippen MR) is 82.2 cm³/mol. The van der Waals surface area contributed by atoms with Crippen LogP contribution in [0.15, 0.2) is 22.7 Å². The van der Waals surface area contributed by atoms with E-state index in [0.29, 0.717) is 4.47 Å². The van der Waals surface area contributed by atoms with Crippen LogP contribution in [0.1, 0.15) is 44.0 Å². The van der Waals surface area contributed by atoms with E-state index in [0.717, 1.165) is 12.8 Å². The summed E-state index contributed by atoms with van der Waals surface area (Å²) in [6, 6.07) is 4.29. The summed E-state index contributed by atoms with van der Waals surface area (Å²) in [5, 5.41) is 14.6. The third-order valence-electron chi connectivity index (χ3n) is 3.44. The van der Waals surface area contributed by atoms with Crippen molar-refractivity contribution in [3.63, 3.8) is 0 Å². The minimum atomic E-state index is -1.09. The molecule has 0 aliphatic carbocycles. The van der Waals surface area contributed by atoms with Gasteiger partial charge in [-0.05, 0) is 38.0 Å². The van der Waals surface area contributed by atoms with Crippen LogP contribution in [0.3, 0.4) is 0 Å². The highest BCUT2D eigenvalue weighted by molar-refractivity contribution is 9.10. The number of urea groups is 1. The van der Waals surface area contributed by atoms with Crippen molar-refractivity contribution < 1.29 is 14.7 Å². The van der Waals surface area contributed by atoms with E-state index in [2.05, 4.69) is 26.6 Å². The zero-order valence-corrected chi connectivity index (χ0v) is 13.4. The van der Waals surface area contributed by atoms with Crippen molar-refractivity contribution >= 4 is 33.6 Å². The van der Waals surface area contributed by atoms with E-state index >= 15 is 0 Å². The Balaban J connectivity index is 2.89. The molecule has 0 bridgehead atoms. The van der Waals surface area contributed by atoms with Crippen LogP contribution >= 0.6 is 15.9 Å². The number of hydrogen-bond donors (Lipinski definition) is 3. The predicted octanol–water partition coefficient (Wildman–Crippen LogP) is 3.85. The molecular formula is C14H19BrN2O3. The lowest BCUT2D eigenvalue weighted by molar-refractivity contribution is 0.0698. The van der Waals surface area contributed by atoms with Crippen LogP contribution in [0.5, 0.6) is 0 Å². The zero-order valence-electron chi connectivity index (χ0n) is 11.8. The maximum atomic E-state index is 12.0. The summed E-state index contributed by atoms with van der Waals surface area (Å²) in [6.45, 7) is 5.93. The Bertz CT molecular complexity index is 513. The minimum absolute atomic E-state index is 0.0456. The molecule has 0 saturated carbocycles. The molecule has 110 valence electrons. The molecule has 0 fully saturated rings. The summed E-state index contributed by atoms with van der Waals surface area (Å²) >= 11 is 3.21. The Morgan fingerprint density at radius 3 is 2.40 bits per heavy atom. The molecular weight excluding hydrogens is 324 g/mol. The molecule has 1 aromatic carbocycles. The molecule has 2 amide bonds. The van der Waals surface area contributed by atoms with Crippen molar-refractivity contribution in [3.8, 4) is 0 Å². The second-order valence-corrected chi connectivity index (χ2v) is 5.76. The molecule has 0 atom stereocenters. The number of rotatable bonds is 5. The first-order valence-corrected chi connectivity index (χ1v) is 7.22. The number of carboxylic acids is 1. The summed E-state index contributed by atoms with van der Waals surface area (Å²) < 4.78 is 0.646. The average Bonchev–Trinajstić information content (AvgIpc) is 2.40. The SMILES string of the molecule is CCC(C)(CC)NC(=O)Nc1ccc(Br)cc1C(=O)O. The van der Waals surface area contributed by atoms with Crippen molar-refractivity contribution in [2.75, 3.05) is 5.32 Å². The molecule has 1 aromatic rings. The van der Waals surface area contributed by atoms with Crippen molar-refractivity contribution in [2.45, 2.75) is 39.2 Å². The molecule has 1 rings (SSSR count). The maximum absolute atomic E-state index is 12.0. The van der Waals surface area contributed by atoms with Gasteiger partial charge in [-0.15, -0.1) is 0 Å². The van der Waals surface area contributed by atoms with Crippen molar-refractivity contribution in [1.82, 2.24) is 5.32 Å². The minimum Gasteiger partial charge on any atom is -0.478 e. The molecule has 0 unspecified atom stereocenters. The van der Waals surface area contributed by atoms with Gasteiger partial charge in [0.2, 0.25) is 0 Å². The molecule has 0 spiro atoms. The van der Waals surface area contributed by atoms with Crippen LogP contribution in [0.2, 0.25) is 0 Å². The zero-order chi connectivity index (χ0) is 15.3. The summed E-state index contributed by atoms with van der Waals surface area (Å²) in [7, 11) is 0. The van der Waals surface area contributed by atoms with Gasteiger partial charge in [0, 0.05) is 10.0 Å². The molecule has 0 saturated heterocycles. The van der Waals surface area contributed by atoms with E-state index in [9.17, 15) is 9.59 Å². The smallest absolute Gasteiger partial charge is 0.337 e. The molecule has 6 heteroatoms. The lowest BCUT2D eigenvalue weighted by Crippen LogP contribution is -2.47. The number of halogens is 1. The molecule has 0 aliphatic heterocycles. The molecule has 0 heterocycles. The van der Waals surface area contributed by atoms with Gasteiger partial charge in [-0.25, -0.2) is 9.59 Å². The monoisotopic (exact) mass is 342 g/mol. The summed E-state index contributed by atoms with van der Waals surface area (Å²) in [5.74, 6) is -1.09. The standard InChI is InChI=1S/C14H19BrN2O3/c1-4-14(3,5-2)17-13(20)16-11-7-6-9(15)8-10(11)12(18)19/h6-8H,4-5H2,1-3H3,(H,18,19)(H2,16,17,20). The fourth-order valence-corrected chi connectivity index (χ4v) is 2.02. The van der Waals surface area contributed by atoms with Crippen LogP contribution in [0.25, 0.3) is 0 Å². The second kappa shape index (κ2) is 6.74. The average molecular weight is 343 g/mol. The lowest BCUT2D eigenvalue weighted by atomic mass is 9.96. The first-order valence-electron chi connectivity index (χ1n) is 6.43. The highest BCUT2D eigenvalue weighted by Crippen LogP contribution is 2.21. The van der Waals surface area contributed by atoms with Crippen LogP contribution in [0, 0.1) is 0 Å². The fourth-order valence-electron chi connectivity index (χ4n) is 1.66. The van der Waals surface area contributed by atoms with Gasteiger partial charge >= 0.3 is 12.0 Å². The van der Waals surface area contributed by atoms with Crippen molar-refractivity contribution in [2.24, 2.45) is 0 Å². The number of carbonyl (C=O) groups excluding carboxylic acids is 1. The number of anilines is 1. The second-order valence-electron chi connectivity index (χ2n) is 4.84. The van der Waals surface area contributed by atoms with E-state index in [-0.39, 0.29) is 16.8 Å². The van der Waals surface area contributed by atoms with Crippen LogP contribution < -0.4 is 10.6 Å². The Morgan fingerprint density at radius 2 is 1.90 bits per heavy atom. The number of carboxylic acid groups (broad SMARTS) is 1. The van der Waals surface area contributed by atoms with Gasteiger partial charge < -0.3 is 15.7 Å². The van der Waals surface area contributed by atoms with Crippen LogP contribution in [-0.4, -0.2) is 22.6 Å². The number of aromatic carboxylic acids is 1. The summed E-state index contributed by atoms with van der Waals surface area (Å²) in [5.41, 5.74) is 0.0139. The molecule has 0 aliphatic rings. The Kier molecular flexibility index (Phi) is 5.56. The Morgan fingerprint density at radius 1 is 1.30 bits per heavy atom. The molecule has 0 radical (unpaired) electrons. The molecule has 5 nitrogen and oxygen atoms in total. The summed E-state index contributed by atoms with van der Waals surface area (Å²) in [6.07, 6.45) is 1.59. The first-order chi connectivity index (χ1) is 9.31.